The summed E-state index contributed by atoms with van der Waals surface area (Å²) in [5.74, 6) is 1.79. The molecule has 4 aromatic heterocycles. The highest BCUT2D eigenvalue weighted by Gasteiger charge is 2.14. The van der Waals surface area contributed by atoms with Gasteiger partial charge in [0, 0.05) is 55.6 Å². The number of rotatable bonds is 5. The van der Waals surface area contributed by atoms with Crippen LogP contribution in [0, 0.1) is 13.8 Å². The second-order valence-corrected chi connectivity index (χ2v) is 7.87. The zero-order chi connectivity index (χ0) is 20.5. The van der Waals surface area contributed by atoms with Gasteiger partial charge >= 0.3 is 0 Å². The molecule has 0 atom stereocenters. The lowest BCUT2D eigenvalue weighted by atomic mass is 10.1. The average Bonchev–Trinajstić information content (AvgIpc) is 3.39. The summed E-state index contributed by atoms with van der Waals surface area (Å²) < 4.78 is 2.02. The van der Waals surface area contributed by atoms with Crippen LogP contribution >= 0.6 is 0 Å². The quantitative estimate of drug-likeness (QED) is 0.482. The lowest BCUT2D eigenvalue weighted by Gasteiger charge is -2.18. The molecule has 0 bridgehead atoms. The van der Waals surface area contributed by atoms with Crippen molar-refractivity contribution in [3.8, 4) is 0 Å². The van der Waals surface area contributed by atoms with Gasteiger partial charge in [-0.3, -0.25) is 4.98 Å². The van der Waals surface area contributed by atoms with Crippen molar-refractivity contribution < 1.29 is 0 Å². The number of fused-ring (bicyclic) bond motifs is 1. The van der Waals surface area contributed by atoms with E-state index in [1.807, 2.05) is 29.9 Å². The maximum absolute atomic E-state index is 4.90. The third-order valence-corrected chi connectivity index (χ3v) is 5.29. The largest absolute Gasteiger partial charge is 0.349 e. The summed E-state index contributed by atoms with van der Waals surface area (Å²) in [5, 5.41) is 0. The minimum absolute atomic E-state index is 0.629. The molecule has 0 radical (unpaired) electrons. The molecule has 4 aromatic rings. The second-order valence-electron chi connectivity index (χ2n) is 7.87. The molecule has 0 aromatic carbocycles. The van der Waals surface area contributed by atoms with E-state index in [1.54, 1.807) is 0 Å². The molecule has 0 unspecified atom stereocenters. The van der Waals surface area contributed by atoms with Crippen LogP contribution in [0.3, 0.4) is 0 Å². The number of pyridine rings is 2. The van der Waals surface area contributed by atoms with Gasteiger partial charge in [0.05, 0.1) is 12.1 Å². The molecule has 6 heteroatoms. The zero-order valence-corrected chi connectivity index (χ0v) is 17.3. The Morgan fingerprint density at radius 1 is 0.867 bits per heavy atom. The van der Waals surface area contributed by atoms with Crippen LogP contribution in [0.1, 0.15) is 34.0 Å². The Morgan fingerprint density at radius 2 is 1.70 bits per heavy atom. The van der Waals surface area contributed by atoms with Crippen LogP contribution < -0.4 is 4.90 Å². The van der Waals surface area contributed by atoms with Gasteiger partial charge in [-0.1, -0.05) is 12.2 Å². The molecular formula is C24H24N6. The van der Waals surface area contributed by atoms with Crippen LogP contribution in [-0.2, 0) is 12.8 Å². The van der Waals surface area contributed by atoms with Gasteiger partial charge in [0.2, 0.25) is 0 Å². The third kappa shape index (κ3) is 3.94. The van der Waals surface area contributed by atoms with E-state index in [4.69, 9.17) is 9.97 Å². The molecule has 0 saturated carbocycles. The fourth-order valence-corrected chi connectivity index (χ4v) is 3.98. The van der Waals surface area contributed by atoms with E-state index in [0.717, 1.165) is 53.9 Å². The molecule has 1 aliphatic heterocycles. The highest BCUT2D eigenvalue weighted by Crippen LogP contribution is 2.20. The van der Waals surface area contributed by atoms with Gasteiger partial charge in [0.25, 0.3) is 0 Å². The molecule has 0 N–H and O–H groups in total. The van der Waals surface area contributed by atoms with Gasteiger partial charge in [-0.2, -0.15) is 0 Å². The Kier molecular flexibility index (Phi) is 4.75. The highest BCUT2D eigenvalue weighted by atomic mass is 15.2. The maximum Gasteiger partial charge on any atom is 0.136 e. The smallest absolute Gasteiger partial charge is 0.136 e. The third-order valence-electron chi connectivity index (χ3n) is 5.29. The highest BCUT2D eigenvalue weighted by molar-refractivity contribution is 5.46. The van der Waals surface area contributed by atoms with Crippen molar-refractivity contribution in [2.45, 2.75) is 26.7 Å². The molecule has 0 amide bonds. The molecule has 6 nitrogen and oxygen atoms in total. The van der Waals surface area contributed by atoms with Gasteiger partial charge < -0.3 is 9.30 Å². The average molecular weight is 396 g/mol. The summed E-state index contributed by atoms with van der Waals surface area (Å²) in [6.45, 7) is 5.90. The first-order valence-corrected chi connectivity index (χ1v) is 10.2. The Hall–Kier alpha value is -3.54. The summed E-state index contributed by atoms with van der Waals surface area (Å²) >= 11 is 0. The van der Waals surface area contributed by atoms with Crippen LogP contribution in [0.25, 0.3) is 5.65 Å². The van der Waals surface area contributed by atoms with E-state index in [9.17, 15) is 0 Å². The van der Waals surface area contributed by atoms with E-state index in [0.29, 0.717) is 6.42 Å². The van der Waals surface area contributed by atoms with Gasteiger partial charge in [0.1, 0.15) is 17.3 Å². The standard InChI is InChI=1S/C24H24N6/c1-17-11-18(2)26-20(12-17)15-22-27-21(16-24(28-22)29-7-3-4-8-29)13-19-5-9-30-10-6-25-23(30)14-19/h3-6,9-12,14,16H,7-8,13,15H2,1-2H3. The first-order chi connectivity index (χ1) is 14.6. The van der Waals surface area contributed by atoms with Crippen molar-refractivity contribution in [2.24, 2.45) is 0 Å². The number of hydrogen-bond donors (Lipinski definition) is 0. The van der Waals surface area contributed by atoms with Crippen LogP contribution in [0.5, 0.6) is 0 Å². The van der Waals surface area contributed by atoms with Crippen molar-refractivity contribution in [1.82, 2.24) is 24.3 Å². The zero-order valence-electron chi connectivity index (χ0n) is 17.3. The summed E-state index contributed by atoms with van der Waals surface area (Å²) in [4.78, 5) is 21.1. The minimum atomic E-state index is 0.629. The van der Waals surface area contributed by atoms with Crippen molar-refractivity contribution in [2.75, 3.05) is 18.0 Å². The summed E-state index contributed by atoms with van der Waals surface area (Å²) in [7, 11) is 0. The lowest BCUT2D eigenvalue weighted by molar-refractivity contribution is 0.861. The molecule has 0 spiro atoms. The number of aryl methyl sites for hydroxylation is 2. The first-order valence-electron chi connectivity index (χ1n) is 10.2. The predicted molar refractivity (Wildman–Crippen MR) is 118 cm³/mol. The van der Waals surface area contributed by atoms with E-state index < -0.39 is 0 Å². The Balaban J connectivity index is 1.48. The van der Waals surface area contributed by atoms with Crippen molar-refractivity contribution >= 4 is 11.5 Å². The van der Waals surface area contributed by atoms with Crippen LogP contribution in [0.2, 0.25) is 0 Å². The molecule has 150 valence electrons. The number of aromatic nitrogens is 5. The van der Waals surface area contributed by atoms with Gasteiger partial charge in [-0.15, -0.1) is 0 Å². The van der Waals surface area contributed by atoms with Gasteiger partial charge in [0.15, 0.2) is 0 Å². The van der Waals surface area contributed by atoms with Crippen molar-refractivity contribution in [1.29, 1.82) is 0 Å². The first kappa shape index (κ1) is 18.5. The fraction of sp³-hybridized carbons (Fsp3) is 0.250. The molecule has 5 heterocycles. The minimum Gasteiger partial charge on any atom is -0.349 e. The molecule has 0 aliphatic carbocycles. The Morgan fingerprint density at radius 3 is 2.53 bits per heavy atom. The van der Waals surface area contributed by atoms with Crippen molar-refractivity contribution in [3.05, 3.63) is 95.1 Å². The normalized spacial score (nSPS) is 13.5. The summed E-state index contributed by atoms with van der Waals surface area (Å²) in [6, 6.07) is 10.6. The molecule has 0 fully saturated rings. The molecule has 5 rings (SSSR count). The van der Waals surface area contributed by atoms with Gasteiger partial charge in [-0.05, 0) is 49.2 Å². The SMILES string of the molecule is Cc1cc(C)nc(Cc2nc(Cc3ccn4ccnc4c3)cc(N3CC=CC3)n2)c1. The number of anilines is 1. The number of hydrogen-bond acceptors (Lipinski definition) is 5. The van der Waals surface area contributed by atoms with Crippen LogP contribution in [0.4, 0.5) is 5.82 Å². The van der Waals surface area contributed by atoms with Gasteiger partial charge in [-0.25, -0.2) is 15.0 Å². The van der Waals surface area contributed by atoms with E-state index >= 15 is 0 Å². The van der Waals surface area contributed by atoms with E-state index in [2.05, 4.69) is 64.3 Å². The molecule has 0 saturated heterocycles. The van der Waals surface area contributed by atoms with Crippen LogP contribution in [0.15, 0.2) is 61.1 Å². The Bertz CT molecular complexity index is 1210. The maximum atomic E-state index is 4.90. The second kappa shape index (κ2) is 7.71. The summed E-state index contributed by atoms with van der Waals surface area (Å²) in [5.41, 5.74) is 6.40. The topological polar surface area (TPSA) is 59.2 Å². The fourth-order valence-electron chi connectivity index (χ4n) is 3.98. The number of imidazole rings is 1. The molecule has 30 heavy (non-hydrogen) atoms. The Labute approximate surface area is 176 Å². The summed E-state index contributed by atoms with van der Waals surface area (Å²) in [6.07, 6.45) is 11.6. The molecule has 1 aliphatic rings. The van der Waals surface area contributed by atoms with E-state index in [1.165, 1.54) is 11.1 Å². The lowest BCUT2D eigenvalue weighted by Crippen LogP contribution is -2.21. The van der Waals surface area contributed by atoms with Crippen molar-refractivity contribution in [3.63, 3.8) is 0 Å². The monoisotopic (exact) mass is 396 g/mol. The molecular weight excluding hydrogens is 372 g/mol. The van der Waals surface area contributed by atoms with E-state index in [-0.39, 0.29) is 0 Å². The number of nitrogens with zero attached hydrogens (tertiary/aromatic N) is 6. The predicted octanol–water partition coefficient (Wildman–Crippen LogP) is 3.69. The van der Waals surface area contributed by atoms with Crippen LogP contribution in [-0.4, -0.2) is 37.4 Å².